The SMILES string of the molecule is CO[C@@H]1[C@H](O)[C@@H](Cn2nccn2)O[C@H]1n1ccc(NC(=O)c2ccccc2)nc1=O. The number of aliphatic hydroxyl groups is 1. The first-order chi connectivity index (χ1) is 14.6. The normalized spacial score (nSPS) is 23.4. The fourth-order valence-corrected chi connectivity index (χ4v) is 3.30. The minimum absolute atomic E-state index is 0.106. The monoisotopic (exact) mass is 412 g/mol. The number of hydrogen-bond donors (Lipinski definition) is 2. The Morgan fingerprint density at radius 1 is 1.23 bits per heavy atom. The number of methoxy groups -OCH3 is 1. The molecule has 4 rings (SSSR count). The number of ether oxygens (including phenoxy) is 2. The van der Waals surface area contributed by atoms with Crippen molar-refractivity contribution < 1.29 is 19.4 Å². The third-order valence-electron chi connectivity index (χ3n) is 4.78. The molecule has 0 unspecified atom stereocenters. The zero-order valence-electron chi connectivity index (χ0n) is 16.0. The lowest BCUT2D eigenvalue weighted by Crippen LogP contribution is -2.37. The van der Waals surface area contributed by atoms with Gasteiger partial charge in [-0.05, 0) is 18.2 Å². The van der Waals surface area contributed by atoms with Crippen molar-refractivity contribution in [1.29, 1.82) is 0 Å². The fourth-order valence-electron chi connectivity index (χ4n) is 3.30. The van der Waals surface area contributed by atoms with Crippen LogP contribution < -0.4 is 11.0 Å². The maximum atomic E-state index is 12.6. The molecule has 0 aliphatic carbocycles. The highest BCUT2D eigenvalue weighted by Crippen LogP contribution is 2.31. The Bertz CT molecular complexity index is 1050. The Kier molecular flexibility index (Phi) is 5.65. The van der Waals surface area contributed by atoms with Crippen LogP contribution in [0.4, 0.5) is 5.82 Å². The van der Waals surface area contributed by atoms with Gasteiger partial charge in [0.1, 0.15) is 24.1 Å². The lowest BCUT2D eigenvalue weighted by molar-refractivity contribution is -0.0570. The minimum atomic E-state index is -1.00. The number of nitrogens with one attached hydrogen (secondary N) is 1. The standard InChI is InChI=1S/C19H20N6O5/c1-29-16-15(26)13(11-25-20-8-9-21-25)30-18(16)24-10-7-14(23-19(24)28)22-17(27)12-5-3-2-4-6-12/h2-10,13,15-16,18,26H,11H2,1H3,(H,22,23,27,28)/t13-,15-,16-,18-/m1/s1. The van der Waals surface area contributed by atoms with Crippen LogP contribution in [-0.4, -0.2) is 61.0 Å². The first-order valence-corrected chi connectivity index (χ1v) is 9.23. The molecule has 0 spiro atoms. The van der Waals surface area contributed by atoms with Crippen LogP contribution in [-0.2, 0) is 16.0 Å². The molecule has 2 aromatic heterocycles. The van der Waals surface area contributed by atoms with Crippen LogP contribution in [0, 0.1) is 0 Å². The minimum Gasteiger partial charge on any atom is -0.387 e. The highest BCUT2D eigenvalue weighted by Gasteiger charge is 2.45. The van der Waals surface area contributed by atoms with Crippen LogP contribution in [0.1, 0.15) is 16.6 Å². The van der Waals surface area contributed by atoms with Gasteiger partial charge >= 0.3 is 5.69 Å². The Hall–Kier alpha value is -3.41. The molecular weight excluding hydrogens is 392 g/mol. The first-order valence-electron chi connectivity index (χ1n) is 9.23. The van der Waals surface area contributed by atoms with Crippen molar-refractivity contribution in [2.45, 2.75) is 31.1 Å². The predicted octanol–water partition coefficient (Wildman–Crippen LogP) is 0.0606. The third kappa shape index (κ3) is 3.99. The number of nitrogens with zero attached hydrogens (tertiary/aromatic N) is 5. The van der Waals surface area contributed by atoms with E-state index in [1.54, 1.807) is 30.3 Å². The van der Waals surface area contributed by atoms with E-state index in [-0.39, 0.29) is 18.3 Å². The Balaban J connectivity index is 1.51. The number of rotatable bonds is 6. The number of amides is 1. The topological polar surface area (TPSA) is 133 Å². The van der Waals surface area contributed by atoms with Crippen molar-refractivity contribution in [3.05, 3.63) is 71.0 Å². The lowest BCUT2D eigenvalue weighted by atomic mass is 10.1. The molecule has 1 saturated heterocycles. The van der Waals surface area contributed by atoms with Gasteiger partial charge in [-0.1, -0.05) is 18.2 Å². The molecule has 0 bridgehead atoms. The van der Waals surface area contributed by atoms with Gasteiger partial charge in [-0.15, -0.1) is 0 Å². The van der Waals surface area contributed by atoms with Gasteiger partial charge in [-0.2, -0.15) is 20.0 Å². The van der Waals surface area contributed by atoms with Gasteiger partial charge in [-0.3, -0.25) is 9.36 Å². The second-order valence-corrected chi connectivity index (χ2v) is 6.66. The molecule has 11 nitrogen and oxygen atoms in total. The molecule has 1 fully saturated rings. The van der Waals surface area contributed by atoms with Gasteiger partial charge in [0.25, 0.3) is 5.91 Å². The molecule has 1 aromatic carbocycles. The van der Waals surface area contributed by atoms with E-state index in [1.807, 2.05) is 0 Å². The molecule has 4 atom stereocenters. The summed E-state index contributed by atoms with van der Waals surface area (Å²) in [4.78, 5) is 30.1. The second-order valence-electron chi connectivity index (χ2n) is 6.66. The summed E-state index contributed by atoms with van der Waals surface area (Å²) in [5.74, 6) is -0.274. The highest BCUT2D eigenvalue weighted by atomic mass is 16.6. The van der Waals surface area contributed by atoms with E-state index >= 15 is 0 Å². The molecule has 0 radical (unpaired) electrons. The number of carbonyl (C=O) groups excluding carboxylic acids is 1. The molecule has 11 heteroatoms. The number of anilines is 1. The first kappa shape index (κ1) is 19.9. The van der Waals surface area contributed by atoms with Gasteiger partial charge < -0.3 is 19.9 Å². The second kappa shape index (κ2) is 8.53. The van der Waals surface area contributed by atoms with Gasteiger partial charge in [0.15, 0.2) is 6.23 Å². The predicted molar refractivity (Wildman–Crippen MR) is 104 cm³/mol. The lowest BCUT2D eigenvalue weighted by Gasteiger charge is -2.20. The maximum absolute atomic E-state index is 12.6. The van der Waals surface area contributed by atoms with Crippen molar-refractivity contribution in [3.8, 4) is 0 Å². The average Bonchev–Trinajstić information content (AvgIpc) is 3.37. The quantitative estimate of drug-likeness (QED) is 0.581. The van der Waals surface area contributed by atoms with Crippen LogP contribution >= 0.6 is 0 Å². The largest absolute Gasteiger partial charge is 0.387 e. The van der Waals surface area contributed by atoms with Crippen LogP contribution in [0.2, 0.25) is 0 Å². The molecule has 0 saturated carbocycles. The molecule has 2 N–H and O–H groups in total. The molecule has 30 heavy (non-hydrogen) atoms. The van der Waals surface area contributed by atoms with Crippen molar-refractivity contribution >= 4 is 11.7 Å². The number of carbonyl (C=O) groups is 1. The van der Waals surface area contributed by atoms with Gasteiger partial charge in [0.2, 0.25) is 0 Å². The molecule has 1 aliphatic rings. The maximum Gasteiger partial charge on any atom is 0.351 e. The molecule has 1 aliphatic heterocycles. The van der Waals surface area contributed by atoms with Crippen molar-refractivity contribution in [2.75, 3.05) is 12.4 Å². The van der Waals surface area contributed by atoms with Crippen LogP contribution in [0.5, 0.6) is 0 Å². The zero-order chi connectivity index (χ0) is 21.1. The van der Waals surface area contributed by atoms with Crippen LogP contribution in [0.15, 0.2) is 59.8 Å². The van der Waals surface area contributed by atoms with E-state index in [0.717, 1.165) is 0 Å². The molecule has 3 aromatic rings. The average molecular weight is 412 g/mol. The molecule has 3 heterocycles. The van der Waals surface area contributed by atoms with E-state index < -0.39 is 30.2 Å². The summed E-state index contributed by atoms with van der Waals surface area (Å²) >= 11 is 0. The summed E-state index contributed by atoms with van der Waals surface area (Å²) in [7, 11) is 1.42. The van der Waals surface area contributed by atoms with Gasteiger partial charge in [0.05, 0.1) is 18.9 Å². The number of hydrogen-bond acceptors (Lipinski definition) is 8. The summed E-state index contributed by atoms with van der Waals surface area (Å²) in [6, 6.07) is 10.1. The van der Waals surface area contributed by atoms with E-state index in [0.29, 0.717) is 5.56 Å². The van der Waals surface area contributed by atoms with Crippen molar-refractivity contribution in [2.24, 2.45) is 0 Å². The Labute approximate surface area is 170 Å². The highest BCUT2D eigenvalue weighted by molar-refractivity contribution is 6.03. The van der Waals surface area contributed by atoms with E-state index in [1.165, 1.54) is 41.1 Å². The van der Waals surface area contributed by atoms with Crippen molar-refractivity contribution in [3.63, 3.8) is 0 Å². The van der Waals surface area contributed by atoms with E-state index in [4.69, 9.17) is 9.47 Å². The molecular formula is C19H20N6O5. The van der Waals surface area contributed by atoms with Crippen LogP contribution in [0.3, 0.4) is 0 Å². The number of aromatic nitrogens is 5. The van der Waals surface area contributed by atoms with Gasteiger partial charge in [-0.25, -0.2) is 4.79 Å². The summed E-state index contributed by atoms with van der Waals surface area (Å²) in [6.07, 6.45) is 1.09. The summed E-state index contributed by atoms with van der Waals surface area (Å²) in [6.45, 7) is 0.192. The zero-order valence-corrected chi connectivity index (χ0v) is 16.0. The summed E-state index contributed by atoms with van der Waals surface area (Å²) in [5.41, 5.74) is -0.210. The number of benzene rings is 1. The van der Waals surface area contributed by atoms with Crippen molar-refractivity contribution in [1.82, 2.24) is 24.5 Å². The van der Waals surface area contributed by atoms with E-state index in [2.05, 4.69) is 20.5 Å². The Morgan fingerprint density at radius 2 is 1.97 bits per heavy atom. The molecule has 156 valence electrons. The van der Waals surface area contributed by atoms with Gasteiger partial charge in [0, 0.05) is 18.9 Å². The third-order valence-corrected chi connectivity index (χ3v) is 4.78. The fraction of sp³-hybridized carbons (Fsp3) is 0.316. The molecule has 1 amide bonds. The summed E-state index contributed by atoms with van der Waals surface area (Å²) < 4.78 is 12.4. The number of aliphatic hydroxyl groups excluding tert-OH is 1. The van der Waals surface area contributed by atoms with Crippen LogP contribution in [0.25, 0.3) is 0 Å². The van der Waals surface area contributed by atoms with E-state index in [9.17, 15) is 14.7 Å². The smallest absolute Gasteiger partial charge is 0.351 e. The Morgan fingerprint density at radius 3 is 2.63 bits per heavy atom. The summed E-state index contributed by atoms with van der Waals surface area (Å²) in [5, 5.41) is 21.1.